The van der Waals surface area contributed by atoms with Crippen LogP contribution in [-0.4, -0.2) is 11.1 Å². The Morgan fingerprint density at radius 3 is 2.74 bits per heavy atom. The number of phenols is 1. The van der Waals surface area contributed by atoms with Crippen molar-refractivity contribution in [2.45, 2.75) is 64.0 Å². The zero-order chi connectivity index (χ0) is 13.2. The first-order valence-corrected chi connectivity index (χ1v) is 7.82. The molecule has 104 valence electrons. The summed E-state index contributed by atoms with van der Waals surface area (Å²) in [6.07, 6.45) is 9.30. The summed E-state index contributed by atoms with van der Waals surface area (Å²) in [5.74, 6) is 1.26. The largest absolute Gasteiger partial charge is 0.508 e. The summed E-state index contributed by atoms with van der Waals surface area (Å²) in [5, 5.41) is 13.4. The molecule has 2 aliphatic carbocycles. The van der Waals surface area contributed by atoms with Crippen molar-refractivity contribution in [3.05, 3.63) is 29.3 Å². The maximum atomic E-state index is 9.55. The Morgan fingerprint density at radius 2 is 1.95 bits per heavy atom. The molecule has 0 heterocycles. The fourth-order valence-corrected chi connectivity index (χ4v) is 3.86. The van der Waals surface area contributed by atoms with Crippen LogP contribution in [0.4, 0.5) is 0 Å². The van der Waals surface area contributed by atoms with E-state index >= 15 is 0 Å². The number of benzene rings is 1. The van der Waals surface area contributed by atoms with E-state index < -0.39 is 0 Å². The first-order chi connectivity index (χ1) is 9.24. The van der Waals surface area contributed by atoms with Gasteiger partial charge in [-0.15, -0.1) is 0 Å². The molecule has 0 aliphatic heterocycles. The maximum Gasteiger partial charge on any atom is 0.115 e. The molecule has 2 nitrogen and oxygen atoms in total. The van der Waals surface area contributed by atoms with Gasteiger partial charge >= 0.3 is 0 Å². The molecule has 1 unspecified atom stereocenters. The number of aryl methyl sites for hydroxylation is 1. The van der Waals surface area contributed by atoms with Gasteiger partial charge in [0.2, 0.25) is 0 Å². The van der Waals surface area contributed by atoms with Crippen LogP contribution in [-0.2, 0) is 6.42 Å². The number of aromatic hydroxyl groups is 1. The van der Waals surface area contributed by atoms with Crippen LogP contribution < -0.4 is 5.32 Å². The lowest BCUT2D eigenvalue weighted by Gasteiger charge is -2.31. The minimum atomic E-state index is 0.403. The van der Waals surface area contributed by atoms with E-state index in [-0.39, 0.29) is 0 Å². The van der Waals surface area contributed by atoms with Crippen molar-refractivity contribution in [2.24, 2.45) is 5.92 Å². The van der Waals surface area contributed by atoms with Gasteiger partial charge in [-0.25, -0.2) is 0 Å². The quantitative estimate of drug-likeness (QED) is 0.861. The summed E-state index contributed by atoms with van der Waals surface area (Å²) in [7, 11) is 0. The average molecular weight is 259 g/mol. The second kappa shape index (κ2) is 5.54. The summed E-state index contributed by atoms with van der Waals surface area (Å²) in [6, 6.07) is 6.97. The fraction of sp³-hybridized carbons (Fsp3) is 0.647. The molecule has 2 atom stereocenters. The van der Waals surface area contributed by atoms with Crippen molar-refractivity contribution < 1.29 is 5.11 Å². The molecule has 1 aromatic rings. The Hall–Kier alpha value is -1.02. The lowest BCUT2D eigenvalue weighted by Crippen LogP contribution is -2.36. The van der Waals surface area contributed by atoms with E-state index in [0.717, 1.165) is 12.3 Å². The average Bonchev–Trinajstić information content (AvgIpc) is 2.82. The molecule has 3 rings (SSSR count). The fourth-order valence-electron chi connectivity index (χ4n) is 3.86. The topological polar surface area (TPSA) is 32.3 Å². The van der Waals surface area contributed by atoms with E-state index in [0.29, 0.717) is 17.8 Å². The van der Waals surface area contributed by atoms with Crippen molar-refractivity contribution in [2.75, 3.05) is 0 Å². The van der Waals surface area contributed by atoms with Gasteiger partial charge in [0.25, 0.3) is 0 Å². The van der Waals surface area contributed by atoms with Crippen molar-refractivity contribution in [1.29, 1.82) is 0 Å². The summed E-state index contributed by atoms with van der Waals surface area (Å²) in [6.45, 7) is 2.36. The zero-order valence-corrected chi connectivity index (χ0v) is 11.9. The number of fused-ring (bicyclic) bond motifs is 1. The summed E-state index contributed by atoms with van der Waals surface area (Å²) in [4.78, 5) is 0. The third kappa shape index (κ3) is 2.79. The van der Waals surface area contributed by atoms with Crippen LogP contribution in [0, 0.1) is 5.92 Å². The van der Waals surface area contributed by atoms with E-state index in [1.807, 2.05) is 12.1 Å². The molecule has 0 amide bonds. The highest BCUT2D eigenvalue weighted by molar-refractivity contribution is 5.40. The predicted molar refractivity (Wildman–Crippen MR) is 78.3 cm³/mol. The molecule has 2 N–H and O–H groups in total. The number of rotatable bonds is 3. The van der Waals surface area contributed by atoms with Crippen LogP contribution in [0.15, 0.2) is 18.2 Å². The van der Waals surface area contributed by atoms with E-state index in [1.165, 1.54) is 49.7 Å². The highest BCUT2D eigenvalue weighted by Gasteiger charge is 2.27. The van der Waals surface area contributed by atoms with Gasteiger partial charge in [-0.1, -0.05) is 25.3 Å². The minimum absolute atomic E-state index is 0.403. The monoisotopic (exact) mass is 259 g/mol. The lowest BCUT2D eigenvalue weighted by atomic mass is 9.84. The standard InChI is InChI=1S/C17H25NO/c1-12(13-5-3-2-4-6-13)18-17-10-7-14-11-15(19)8-9-16(14)17/h8-9,11-13,17-19H,2-7,10H2,1H3/t12-,17?/m1/s1. The molecule has 0 aromatic heterocycles. The third-order valence-electron chi connectivity index (χ3n) is 5.03. The van der Waals surface area contributed by atoms with Crippen molar-refractivity contribution in [3.8, 4) is 5.75 Å². The molecule has 0 radical (unpaired) electrons. The van der Waals surface area contributed by atoms with Gasteiger partial charge in [0.05, 0.1) is 0 Å². The van der Waals surface area contributed by atoms with Crippen LogP contribution in [0.1, 0.15) is 62.6 Å². The molecule has 0 saturated heterocycles. The van der Waals surface area contributed by atoms with E-state index in [9.17, 15) is 5.11 Å². The molecule has 1 aromatic carbocycles. The first-order valence-electron chi connectivity index (χ1n) is 7.82. The molecule has 0 spiro atoms. The highest BCUT2D eigenvalue weighted by atomic mass is 16.3. The summed E-state index contributed by atoms with van der Waals surface area (Å²) in [5.41, 5.74) is 2.73. The van der Waals surface area contributed by atoms with Gasteiger partial charge in [0.1, 0.15) is 5.75 Å². The summed E-state index contributed by atoms with van der Waals surface area (Å²) < 4.78 is 0. The Balaban J connectivity index is 1.65. The van der Waals surface area contributed by atoms with Crippen LogP contribution in [0.2, 0.25) is 0 Å². The first kappa shape index (κ1) is 13.0. The Morgan fingerprint density at radius 1 is 1.16 bits per heavy atom. The number of nitrogens with one attached hydrogen (secondary N) is 1. The molecular weight excluding hydrogens is 234 g/mol. The summed E-state index contributed by atoms with van der Waals surface area (Å²) >= 11 is 0. The van der Waals surface area contributed by atoms with Gasteiger partial charge in [0.15, 0.2) is 0 Å². The SMILES string of the molecule is C[C@@H](NC1CCc2cc(O)ccc21)C1CCCCC1. The lowest BCUT2D eigenvalue weighted by molar-refractivity contribution is 0.264. The molecule has 1 fully saturated rings. The molecule has 19 heavy (non-hydrogen) atoms. The highest BCUT2D eigenvalue weighted by Crippen LogP contribution is 2.35. The van der Waals surface area contributed by atoms with Gasteiger partial charge in [-0.05, 0) is 61.8 Å². The molecule has 2 heteroatoms. The van der Waals surface area contributed by atoms with Crippen LogP contribution in [0.5, 0.6) is 5.75 Å². The Bertz CT molecular complexity index is 437. The second-order valence-electron chi connectivity index (χ2n) is 6.33. The third-order valence-corrected chi connectivity index (χ3v) is 5.03. The number of hydrogen-bond donors (Lipinski definition) is 2. The number of hydrogen-bond acceptors (Lipinski definition) is 2. The van der Waals surface area contributed by atoms with Crippen LogP contribution in [0.25, 0.3) is 0 Å². The number of phenolic OH excluding ortho intramolecular Hbond substituents is 1. The molecule has 2 aliphatic rings. The molecule has 1 saturated carbocycles. The van der Waals surface area contributed by atoms with Gasteiger partial charge in [-0.2, -0.15) is 0 Å². The van der Waals surface area contributed by atoms with E-state index in [2.05, 4.69) is 18.3 Å². The Kier molecular flexibility index (Phi) is 3.79. The van der Waals surface area contributed by atoms with Crippen LogP contribution >= 0.6 is 0 Å². The van der Waals surface area contributed by atoms with Crippen LogP contribution in [0.3, 0.4) is 0 Å². The zero-order valence-electron chi connectivity index (χ0n) is 11.9. The smallest absolute Gasteiger partial charge is 0.115 e. The minimum Gasteiger partial charge on any atom is -0.508 e. The van der Waals surface area contributed by atoms with Gasteiger partial charge in [-0.3, -0.25) is 0 Å². The maximum absolute atomic E-state index is 9.55. The van der Waals surface area contributed by atoms with Gasteiger partial charge in [0, 0.05) is 12.1 Å². The molecule has 0 bridgehead atoms. The van der Waals surface area contributed by atoms with Crippen molar-refractivity contribution in [1.82, 2.24) is 5.32 Å². The van der Waals surface area contributed by atoms with E-state index in [4.69, 9.17) is 0 Å². The Labute approximate surface area is 116 Å². The van der Waals surface area contributed by atoms with E-state index in [1.54, 1.807) is 0 Å². The van der Waals surface area contributed by atoms with Crippen molar-refractivity contribution in [3.63, 3.8) is 0 Å². The van der Waals surface area contributed by atoms with Crippen molar-refractivity contribution >= 4 is 0 Å². The second-order valence-corrected chi connectivity index (χ2v) is 6.33. The predicted octanol–water partition coefficient (Wildman–Crippen LogP) is 3.94. The van der Waals surface area contributed by atoms with Gasteiger partial charge < -0.3 is 10.4 Å². The normalized spacial score (nSPS) is 25.2. The molecular formula is C17H25NO.